The second-order valence-corrected chi connectivity index (χ2v) is 4.63. The molecular weight excluding hydrogens is 244 g/mol. The highest BCUT2D eigenvalue weighted by Crippen LogP contribution is 2.18. The molecule has 2 rings (SSSR count). The van der Waals surface area contributed by atoms with Gasteiger partial charge in [-0.15, -0.1) is 0 Å². The summed E-state index contributed by atoms with van der Waals surface area (Å²) in [5.41, 5.74) is 1.20. The average Bonchev–Trinajstić information content (AvgIpc) is 2.48. The molecule has 1 aromatic rings. The number of methoxy groups -OCH3 is 1. The first kappa shape index (κ1) is 13.6. The fourth-order valence-electron chi connectivity index (χ4n) is 2.15. The van der Waals surface area contributed by atoms with Gasteiger partial charge in [-0.25, -0.2) is 9.78 Å². The summed E-state index contributed by atoms with van der Waals surface area (Å²) < 4.78 is 10.5. The second-order valence-electron chi connectivity index (χ2n) is 4.63. The SMILES string of the molecule is CCc1ccc(OC2CCN(C(=O)OC)CC2)nc1. The number of hydrogen-bond acceptors (Lipinski definition) is 4. The number of likely N-dealkylation sites (tertiary alicyclic amines) is 1. The number of hydrogen-bond donors (Lipinski definition) is 0. The Morgan fingerprint density at radius 2 is 2.16 bits per heavy atom. The van der Waals surface area contributed by atoms with Crippen molar-refractivity contribution in [3.05, 3.63) is 23.9 Å². The van der Waals surface area contributed by atoms with Crippen LogP contribution in [-0.4, -0.2) is 42.3 Å². The Balaban J connectivity index is 1.83. The third kappa shape index (κ3) is 3.59. The van der Waals surface area contributed by atoms with Crippen molar-refractivity contribution < 1.29 is 14.3 Å². The van der Waals surface area contributed by atoms with E-state index in [0.717, 1.165) is 19.3 Å². The van der Waals surface area contributed by atoms with Crippen molar-refractivity contribution in [3.63, 3.8) is 0 Å². The summed E-state index contributed by atoms with van der Waals surface area (Å²) in [6, 6.07) is 3.94. The molecule has 0 aromatic carbocycles. The molecule has 0 aliphatic carbocycles. The number of ether oxygens (including phenoxy) is 2. The zero-order chi connectivity index (χ0) is 13.7. The van der Waals surface area contributed by atoms with Crippen LogP contribution in [0.1, 0.15) is 25.3 Å². The summed E-state index contributed by atoms with van der Waals surface area (Å²) in [5, 5.41) is 0. The van der Waals surface area contributed by atoms with Crippen LogP contribution in [0.2, 0.25) is 0 Å². The molecule has 0 N–H and O–H groups in total. The van der Waals surface area contributed by atoms with Crippen LogP contribution in [0, 0.1) is 0 Å². The van der Waals surface area contributed by atoms with Crippen LogP contribution in [0.3, 0.4) is 0 Å². The molecule has 0 atom stereocenters. The number of pyridine rings is 1. The zero-order valence-electron chi connectivity index (χ0n) is 11.5. The lowest BCUT2D eigenvalue weighted by atomic mass is 10.1. The molecule has 0 radical (unpaired) electrons. The van der Waals surface area contributed by atoms with Crippen molar-refractivity contribution in [2.45, 2.75) is 32.3 Å². The molecule has 0 bridgehead atoms. The molecule has 5 nitrogen and oxygen atoms in total. The van der Waals surface area contributed by atoms with E-state index in [1.54, 1.807) is 4.90 Å². The molecule has 1 fully saturated rings. The van der Waals surface area contributed by atoms with Crippen LogP contribution in [0.15, 0.2) is 18.3 Å². The lowest BCUT2D eigenvalue weighted by Crippen LogP contribution is -2.41. The van der Waals surface area contributed by atoms with Gasteiger partial charge in [-0.05, 0) is 12.0 Å². The molecule has 0 saturated carbocycles. The largest absolute Gasteiger partial charge is 0.474 e. The highest BCUT2D eigenvalue weighted by Gasteiger charge is 2.24. The van der Waals surface area contributed by atoms with E-state index in [1.807, 2.05) is 18.3 Å². The van der Waals surface area contributed by atoms with E-state index in [1.165, 1.54) is 12.7 Å². The Bertz CT molecular complexity index is 411. The predicted octanol–water partition coefficient (Wildman–Crippen LogP) is 2.25. The first-order valence-corrected chi connectivity index (χ1v) is 6.67. The zero-order valence-corrected chi connectivity index (χ0v) is 11.5. The van der Waals surface area contributed by atoms with E-state index in [2.05, 4.69) is 11.9 Å². The van der Waals surface area contributed by atoms with E-state index in [4.69, 9.17) is 9.47 Å². The van der Waals surface area contributed by atoms with Gasteiger partial charge in [0.2, 0.25) is 5.88 Å². The van der Waals surface area contributed by atoms with Crippen molar-refractivity contribution in [3.8, 4) is 5.88 Å². The molecule has 5 heteroatoms. The third-order valence-electron chi connectivity index (χ3n) is 3.37. The van der Waals surface area contributed by atoms with Crippen LogP contribution < -0.4 is 4.74 Å². The van der Waals surface area contributed by atoms with Gasteiger partial charge in [0.15, 0.2) is 0 Å². The first-order chi connectivity index (χ1) is 9.22. The van der Waals surface area contributed by atoms with Gasteiger partial charge in [0.05, 0.1) is 7.11 Å². The molecule has 1 aliphatic heterocycles. The summed E-state index contributed by atoms with van der Waals surface area (Å²) in [6.07, 6.45) is 4.31. The van der Waals surface area contributed by atoms with E-state index in [-0.39, 0.29) is 12.2 Å². The first-order valence-electron chi connectivity index (χ1n) is 6.67. The summed E-state index contributed by atoms with van der Waals surface area (Å²) in [4.78, 5) is 17.3. The molecule has 1 aromatic heterocycles. The molecule has 2 heterocycles. The van der Waals surface area contributed by atoms with Gasteiger partial charge in [0.1, 0.15) is 6.10 Å². The van der Waals surface area contributed by atoms with E-state index in [9.17, 15) is 4.79 Å². The Kier molecular flexibility index (Phi) is 4.60. The van der Waals surface area contributed by atoms with Crippen LogP contribution >= 0.6 is 0 Å². The standard InChI is InChI=1S/C14H20N2O3/c1-3-11-4-5-13(15-10-11)19-12-6-8-16(9-7-12)14(17)18-2/h4-5,10,12H,3,6-9H2,1-2H3. The number of carbonyl (C=O) groups excluding carboxylic acids is 1. The summed E-state index contributed by atoms with van der Waals surface area (Å²) in [6.45, 7) is 3.44. The minimum atomic E-state index is -0.260. The van der Waals surface area contributed by atoms with Gasteiger partial charge in [0, 0.05) is 38.2 Å². The number of piperidine rings is 1. The van der Waals surface area contributed by atoms with E-state index < -0.39 is 0 Å². The van der Waals surface area contributed by atoms with Gasteiger partial charge in [-0.1, -0.05) is 13.0 Å². The molecule has 19 heavy (non-hydrogen) atoms. The van der Waals surface area contributed by atoms with E-state index >= 15 is 0 Å². The Labute approximate surface area is 113 Å². The minimum absolute atomic E-state index is 0.126. The molecule has 0 spiro atoms. The third-order valence-corrected chi connectivity index (χ3v) is 3.37. The lowest BCUT2D eigenvalue weighted by molar-refractivity contribution is 0.0772. The molecule has 1 aliphatic rings. The Morgan fingerprint density at radius 1 is 1.42 bits per heavy atom. The van der Waals surface area contributed by atoms with Crippen LogP contribution in [-0.2, 0) is 11.2 Å². The molecular formula is C14H20N2O3. The average molecular weight is 264 g/mol. The summed E-state index contributed by atoms with van der Waals surface area (Å²) in [5.74, 6) is 0.661. The predicted molar refractivity (Wildman–Crippen MR) is 71.2 cm³/mol. The van der Waals surface area contributed by atoms with Crippen LogP contribution in [0.4, 0.5) is 4.79 Å². The maximum absolute atomic E-state index is 11.4. The highest BCUT2D eigenvalue weighted by molar-refractivity contribution is 5.67. The molecule has 1 saturated heterocycles. The number of nitrogens with zero attached hydrogens (tertiary/aromatic N) is 2. The Hall–Kier alpha value is -1.78. The van der Waals surface area contributed by atoms with Gasteiger partial charge >= 0.3 is 6.09 Å². The molecule has 104 valence electrons. The van der Waals surface area contributed by atoms with Crippen molar-refractivity contribution in [2.24, 2.45) is 0 Å². The smallest absolute Gasteiger partial charge is 0.409 e. The summed E-state index contributed by atoms with van der Waals surface area (Å²) in [7, 11) is 1.41. The summed E-state index contributed by atoms with van der Waals surface area (Å²) >= 11 is 0. The minimum Gasteiger partial charge on any atom is -0.474 e. The van der Waals surface area contributed by atoms with Gasteiger partial charge < -0.3 is 14.4 Å². The number of aryl methyl sites for hydroxylation is 1. The van der Waals surface area contributed by atoms with Gasteiger partial charge in [-0.2, -0.15) is 0 Å². The monoisotopic (exact) mass is 264 g/mol. The molecule has 1 amide bonds. The van der Waals surface area contributed by atoms with Gasteiger partial charge in [-0.3, -0.25) is 0 Å². The maximum Gasteiger partial charge on any atom is 0.409 e. The number of carbonyl (C=O) groups is 1. The fourth-order valence-corrected chi connectivity index (χ4v) is 2.15. The van der Waals surface area contributed by atoms with Crippen LogP contribution in [0.5, 0.6) is 5.88 Å². The quantitative estimate of drug-likeness (QED) is 0.840. The van der Waals surface area contributed by atoms with Crippen molar-refractivity contribution in [1.82, 2.24) is 9.88 Å². The maximum atomic E-state index is 11.4. The highest BCUT2D eigenvalue weighted by atomic mass is 16.5. The number of amides is 1. The van der Waals surface area contributed by atoms with Crippen molar-refractivity contribution in [1.29, 1.82) is 0 Å². The van der Waals surface area contributed by atoms with Crippen molar-refractivity contribution in [2.75, 3.05) is 20.2 Å². The molecule has 0 unspecified atom stereocenters. The Morgan fingerprint density at radius 3 is 2.68 bits per heavy atom. The lowest BCUT2D eigenvalue weighted by Gasteiger charge is -2.30. The number of aromatic nitrogens is 1. The van der Waals surface area contributed by atoms with Gasteiger partial charge in [0.25, 0.3) is 0 Å². The fraction of sp³-hybridized carbons (Fsp3) is 0.571. The topological polar surface area (TPSA) is 51.7 Å². The second kappa shape index (κ2) is 6.41. The normalized spacial score (nSPS) is 16.2. The van der Waals surface area contributed by atoms with E-state index in [0.29, 0.717) is 19.0 Å². The van der Waals surface area contributed by atoms with Crippen LogP contribution in [0.25, 0.3) is 0 Å². The number of rotatable bonds is 3. The van der Waals surface area contributed by atoms with Crippen molar-refractivity contribution >= 4 is 6.09 Å².